The number of carbonyl (C=O) groups is 2. The molecular weight excluding hydrogens is 388 g/mol. The molecule has 1 spiro atoms. The first-order valence-electron chi connectivity index (χ1n) is 8.85. The Kier molecular flexibility index (Phi) is 4.68. The fraction of sp³-hybridized carbons (Fsp3) is 0.611. The van der Waals surface area contributed by atoms with Crippen molar-refractivity contribution >= 4 is 27.3 Å². The zero-order valence-electron chi connectivity index (χ0n) is 16.4. The van der Waals surface area contributed by atoms with Crippen LogP contribution >= 0.6 is 0 Å². The number of likely N-dealkylation sites (tertiary alicyclic amines) is 1. The van der Waals surface area contributed by atoms with Crippen LogP contribution in [-0.4, -0.2) is 55.3 Å². The van der Waals surface area contributed by atoms with Crippen molar-refractivity contribution in [3.8, 4) is 0 Å². The van der Waals surface area contributed by atoms with Crippen LogP contribution in [0.3, 0.4) is 0 Å². The minimum absolute atomic E-state index is 0.0635. The number of rotatable bonds is 2. The fourth-order valence-electron chi connectivity index (χ4n) is 3.72. The fourth-order valence-corrected chi connectivity index (χ4v) is 5.34. The highest BCUT2D eigenvalue weighted by Crippen LogP contribution is 2.65. The molecule has 2 fully saturated rings. The average Bonchev–Trinajstić information content (AvgIpc) is 3.18. The van der Waals surface area contributed by atoms with E-state index in [0.717, 1.165) is 4.90 Å². The van der Waals surface area contributed by atoms with Gasteiger partial charge in [0.05, 0.1) is 39.7 Å². The summed E-state index contributed by atoms with van der Waals surface area (Å²) in [6, 6.07) is 0.280. The zero-order chi connectivity index (χ0) is 21.1. The molecule has 2 unspecified atom stereocenters. The lowest BCUT2D eigenvalue weighted by Crippen LogP contribution is -2.49. The molecule has 2 aliphatic heterocycles. The van der Waals surface area contributed by atoms with Crippen LogP contribution in [-0.2, 0) is 9.47 Å². The highest BCUT2D eigenvalue weighted by Gasteiger charge is 2.78. The molecule has 3 atom stereocenters. The molecule has 28 heavy (non-hydrogen) atoms. The van der Waals surface area contributed by atoms with Crippen LogP contribution in [0, 0.1) is 0 Å². The van der Waals surface area contributed by atoms with E-state index in [2.05, 4.69) is 9.72 Å². The molecule has 1 aromatic heterocycles. The van der Waals surface area contributed by atoms with Crippen LogP contribution in [0.1, 0.15) is 56.2 Å². The number of nitrogens with two attached hydrogens (primary N) is 1. The van der Waals surface area contributed by atoms with Crippen molar-refractivity contribution < 1.29 is 27.8 Å². The van der Waals surface area contributed by atoms with Crippen LogP contribution in [0.5, 0.6) is 0 Å². The molecule has 0 bridgehead atoms. The summed E-state index contributed by atoms with van der Waals surface area (Å²) in [5.74, 6) is -3.82. The predicted octanol–water partition coefficient (Wildman–Crippen LogP) is 2.99. The van der Waals surface area contributed by atoms with Gasteiger partial charge in [-0.15, -0.1) is 0 Å². The molecule has 0 aliphatic carbocycles. The second-order valence-electron chi connectivity index (χ2n) is 8.10. The third-order valence-corrected chi connectivity index (χ3v) is 7.01. The predicted molar refractivity (Wildman–Crippen MR) is 98.3 cm³/mol. The summed E-state index contributed by atoms with van der Waals surface area (Å²) in [5.41, 5.74) is 5.09. The van der Waals surface area contributed by atoms with Gasteiger partial charge in [-0.1, -0.05) is 6.92 Å². The summed E-state index contributed by atoms with van der Waals surface area (Å²) in [5, 5.41) is -1.58. The zero-order valence-corrected chi connectivity index (χ0v) is 17.4. The van der Waals surface area contributed by atoms with Gasteiger partial charge < -0.3 is 15.2 Å². The maximum atomic E-state index is 15.1. The van der Waals surface area contributed by atoms with E-state index in [1.807, 2.05) is 0 Å². The van der Waals surface area contributed by atoms with E-state index in [1.165, 1.54) is 19.4 Å². The first-order valence-corrected chi connectivity index (χ1v) is 9.93. The molecule has 3 rings (SSSR count). The van der Waals surface area contributed by atoms with Crippen LogP contribution in [0.2, 0.25) is 5.54 Å². The van der Waals surface area contributed by atoms with Crippen molar-refractivity contribution in [2.45, 2.75) is 62.4 Å². The lowest BCUT2D eigenvalue weighted by Gasteiger charge is -2.34. The molecule has 2 N–H and O–H groups in total. The van der Waals surface area contributed by atoms with Gasteiger partial charge in [0.25, 0.3) is 5.92 Å². The van der Waals surface area contributed by atoms with Crippen molar-refractivity contribution in [2.24, 2.45) is 0 Å². The van der Waals surface area contributed by atoms with Gasteiger partial charge in [0.1, 0.15) is 11.3 Å². The van der Waals surface area contributed by atoms with Gasteiger partial charge in [0.2, 0.25) is 0 Å². The molecule has 2 saturated heterocycles. The molecule has 1 amide bonds. The van der Waals surface area contributed by atoms with Crippen LogP contribution in [0.25, 0.3) is 0 Å². The van der Waals surface area contributed by atoms with Crippen molar-refractivity contribution in [1.29, 1.82) is 0 Å². The minimum Gasteiger partial charge on any atom is -0.464 e. The van der Waals surface area contributed by atoms with Gasteiger partial charge in [-0.25, -0.2) is 23.4 Å². The Hall–Kier alpha value is -2.23. The molecule has 2 aliphatic rings. The molecule has 1 aromatic rings. The summed E-state index contributed by atoms with van der Waals surface area (Å²) in [7, 11) is 1.08. The minimum atomic E-state index is -3.10. The number of ether oxygens (including phenoxy) is 2. The Labute approximate surface area is 164 Å². The molecule has 2 radical (unpaired) electrons. The van der Waals surface area contributed by atoms with Crippen molar-refractivity contribution in [1.82, 2.24) is 9.88 Å². The van der Waals surface area contributed by atoms with E-state index in [4.69, 9.17) is 10.5 Å². The molecule has 0 aromatic carbocycles. The molecule has 7 nitrogen and oxygen atoms in total. The Morgan fingerprint density at radius 2 is 2.00 bits per heavy atom. The monoisotopic (exact) mass is 411 g/mol. The van der Waals surface area contributed by atoms with Crippen LogP contribution in [0.4, 0.5) is 19.3 Å². The van der Waals surface area contributed by atoms with Gasteiger partial charge in [-0.3, -0.25) is 4.90 Å². The number of pyridine rings is 1. The molecule has 10 heteroatoms. The number of hydrogen-bond donors (Lipinski definition) is 1. The van der Waals surface area contributed by atoms with Gasteiger partial charge in [-0.05, 0) is 32.4 Å². The van der Waals surface area contributed by atoms with Gasteiger partial charge in [0.15, 0.2) is 0 Å². The summed E-state index contributed by atoms with van der Waals surface area (Å²) < 4.78 is 40.3. The topological polar surface area (TPSA) is 94.8 Å². The molecular formula is C18H23F2N3O4Si. The van der Waals surface area contributed by atoms with Crippen LogP contribution < -0.4 is 5.73 Å². The van der Waals surface area contributed by atoms with E-state index in [9.17, 15) is 9.59 Å². The summed E-state index contributed by atoms with van der Waals surface area (Å²) >= 11 is 0. The average molecular weight is 411 g/mol. The number of anilines is 1. The highest BCUT2D eigenvalue weighted by atomic mass is 28.2. The number of alkyl halides is 2. The second kappa shape index (κ2) is 6.40. The van der Waals surface area contributed by atoms with Crippen molar-refractivity contribution in [3.05, 3.63) is 23.5 Å². The second-order valence-corrected chi connectivity index (χ2v) is 10.0. The number of carbonyl (C=O) groups excluding carboxylic acids is 2. The number of methoxy groups -OCH3 is 1. The third kappa shape index (κ3) is 3.13. The first-order chi connectivity index (χ1) is 12.8. The number of esters is 1. The number of hydrogen-bond acceptors (Lipinski definition) is 6. The summed E-state index contributed by atoms with van der Waals surface area (Å²) in [4.78, 5) is 29.8. The van der Waals surface area contributed by atoms with Gasteiger partial charge >= 0.3 is 12.1 Å². The maximum Gasteiger partial charge on any atom is 0.411 e. The number of halogens is 2. The summed E-state index contributed by atoms with van der Waals surface area (Å²) in [6.45, 7) is 6.72. The van der Waals surface area contributed by atoms with Crippen molar-refractivity contribution in [3.63, 3.8) is 0 Å². The maximum absolute atomic E-state index is 15.1. The van der Waals surface area contributed by atoms with Gasteiger partial charge in [-0.2, -0.15) is 0 Å². The van der Waals surface area contributed by atoms with Gasteiger partial charge in [0, 0.05) is 12.0 Å². The Morgan fingerprint density at radius 1 is 1.39 bits per heavy atom. The molecule has 152 valence electrons. The quantitative estimate of drug-likeness (QED) is 0.594. The third-order valence-electron chi connectivity index (χ3n) is 4.99. The van der Waals surface area contributed by atoms with E-state index in [0.29, 0.717) is 0 Å². The van der Waals surface area contributed by atoms with E-state index >= 15 is 8.78 Å². The lowest BCUT2D eigenvalue weighted by molar-refractivity contribution is -0.0445. The number of nitrogen functional groups attached to an aromatic ring is 1. The number of aromatic nitrogens is 1. The largest absolute Gasteiger partial charge is 0.464 e. The first kappa shape index (κ1) is 20.5. The molecule has 3 heterocycles. The van der Waals surface area contributed by atoms with E-state index in [1.54, 1.807) is 27.7 Å². The SMILES string of the molecule is COC(=O)c1cc(C2CC(F)(F)[C@@]3([Si]C3C)N2C(=O)OC(C)(C)C)c(N)cn1. The highest BCUT2D eigenvalue weighted by molar-refractivity contribution is 6.58. The van der Waals surface area contributed by atoms with E-state index in [-0.39, 0.29) is 32.0 Å². The van der Waals surface area contributed by atoms with Crippen molar-refractivity contribution in [2.75, 3.05) is 12.8 Å². The normalized spacial score (nSPS) is 28.3. The smallest absolute Gasteiger partial charge is 0.411 e. The lowest BCUT2D eigenvalue weighted by atomic mass is 10.0. The molecule has 0 saturated carbocycles. The number of nitrogens with zero attached hydrogens (tertiary/aromatic N) is 2. The standard InChI is InChI=1S/C18H23F2N3O4Si/c1-9-18(28-9)17(19,20)7-13(23(18)15(25)27-16(2,3)4)10-6-12(14(24)26-5)22-8-11(10)21/h6,8-9,13H,7,21H2,1-5H3/t9?,13?,18-/m1/s1. The number of amides is 1. The van der Waals surface area contributed by atoms with E-state index < -0.39 is 41.2 Å². The Bertz CT molecular complexity index is 830. The Morgan fingerprint density at radius 3 is 2.50 bits per heavy atom. The Balaban J connectivity index is 2.09. The summed E-state index contributed by atoms with van der Waals surface area (Å²) in [6.07, 6.45) is -0.197. The van der Waals surface area contributed by atoms with Crippen LogP contribution in [0.15, 0.2) is 12.3 Å².